The summed E-state index contributed by atoms with van der Waals surface area (Å²) in [4.78, 5) is 17.7. The van der Waals surface area contributed by atoms with Crippen LogP contribution in [0.1, 0.15) is 34.1 Å². The number of hydrogen-bond donors (Lipinski definition) is 0. The molecule has 106 valence electrons. The van der Waals surface area contributed by atoms with Gasteiger partial charge in [-0.15, -0.1) is 0 Å². The Morgan fingerprint density at radius 2 is 2.10 bits per heavy atom. The summed E-state index contributed by atoms with van der Waals surface area (Å²) >= 11 is 0. The van der Waals surface area contributed by atoms with E-state index in [1.54, 1.807) is 12.3 Å². The Labute approximate surface area is 124 Å². The van der Waals surface area contributed by atoms with Crippen LogP contribution in [-0.4, -0.2) is 10.8 Å². The van der Waals surface area contributed by atoms with Crippen molar-refractivity contribution in [3.8, 4) is 0 Å². The number of fused-ring (bicyclic) bond motifs is 1. The molecule has 0 atom stereocenters. The number of hydrogen-bond acceptors (Lipinski definition) is 3. The van der Waals surface area contributed by atoms with Gasteiger partial charge in [0.25, 0.3) is 0 Å². The summed E-state index contributed by atoms with van der Waals surface area (Å²) in [5.41, 5.74) is 6.58. The average molecular weight is 278 g/mol. The highest BCUT2D eigenvalue weighted by Gasteiger charge is 2.21. The van der Waals surface area contributed by atoms with Gasteiger partial charge in [0.15, 0.2) is 5.78 Å². The first kappa shape index (κ1) is 13.6. The van der Waals surface area contributed by atoms with Crippen LogP contribution in [0.15, 0.2) is 48.8 Å². The summed E-state index contributed by atoms with van der Waals surface area (Å²) in [6, 6.07) is 10.1. The first-order valence-corrected chi connectivity index (χ1v) is 7.06. The summed E-state index contributed by atoms with van der Waals surface area (Å²) in [6.45, 7) is 8.68. The molecule has 3 rings (SSSR count). The smallest absolute Gasteiger partial charge is 0.178 e. The first-order valence-electron chi connectivity index (χ1n) is 7.06. The Balaban J connectivity index is 1.93. The molecule has 1 aromatic carbocycles. The molecule has 3 nitrogen and oxygen atoms in total. The normalized spacial score (nSPS) is 14.0. The van der Waals surface area contributed by atoms with E-state index in [4.69, 9.17) is 0 Å². The zero-order valence-electron chi connectivity index (χ0n) is 12.4. The molecule has 0 spiro atoms. The third kappa shape index (κ3) is 2.47. The Morgan fingerprint density at radius 1 is 1.29 bits per heavy atom. The largest absolute Gasteiger partial charge is 0.340 e. The van der Waals surface area contributed by atoms with Crippen LogP contribution in [0.4, 0.5) is 5.69 Å². The van der Waals surface area contributed by atoms with E-state index in [0.717, 1.165) is 24.4 Å². The lowest BCUT2D eigenvalue weighted by molar-refractivity contribution is 0.101. The molecule has 3 heteroatoms. The van der Waals surface area contributed by atoms with Gasteiger partial charge in [0.05, 0.1) is 11.9 Å². The van der Waals surface area contributed by atoms with Crippen molar-refractivity contribution in [3.05, 3.63) is 71.2 Å². The van der Waals surface area contributed by atoms with Gasteiger partial charge in [0.1, 0.15) is 5.69 Å². The Hall–Kier alpha value is -2.42. The second-order valence-electron chi connectivity index (χ2n) is 5.50. The highest BCUT2D eigenvalue weighted by molar-refractivity contribution is 5.92. The number of aromatic nitrogens is 1. The Morgan fingerprint density at radius 3 is 2.76 bits per heavy atom. The Kier molecular flexibility index (Phi) is 3.34. The molecule has 2 aromatic rings. The van der Waals surface area contributed by atoms with E-state index >= 15 is 0 Å². The fourth-order valence-corrected chi connectivity index (χ4v) is 2.77. The number of carbonyl (C=O) groups excluding carboxylic acids is 1. The number of allylic oxidation sites excluding steroid dienone is 1. The predicted molar refractivity (Wildman–Crippen MR) is 84.4 cm³/mol. The van der Waals surface area contributed by atoms with Gasteiger partial charge in [-0.3, -0.25) is 9.78 Å². The molecular formula is C18H18N2O. The zero-order chi connectivity index (χ0) is 15.0. The van der Waals surface area contributed by atoms with Crippen LogP contribution in [0.2, 0.25) is 0 Å². The molecule has 1 aliphatic heterocycles. The van der Waals surface area contributed by atoms with Gasteiger partial charge in [0.2, 0.25) is 0 Å². The van der Waals surface area contributed by atoms with Gasteiger partial charge < -0.3 is 4.90 Å². The number of Topliss-reactive ketones (excluding diaryl/α,β-unsaturated/α-hetero) is 1. The average Bonchev–Trinajstić information content (AvgIpc) is 2.48. The molecule has 0 unspecified atom stereocenters. The molecule has 2 heterocycles. The van der Waals surface area contributed by atoms with Crippen molar-refractivity contribution in [2.45, 2.75) is 26.8 Å². The van der Waals surface area contributed by atoms with Crippen molar-refractivity contribution in [2.75, 3.05) is 4.90 Å². The second kappa shape index (κ2) is 5.17. The van der Waals surface area contributed by atoms with Crippen LogP contribution in [-0.2, 0) is 13.0 Å². The standard InChI is InChI=1S/C18H18N2O/c1-12-5-4-6-15-11-20(13(2)9-17(12)15)16-7-8-18(14(3)21)19-10-16/h4-8,10H,2,9,11H2,1,3H3. The fraction of sp³-hybridized carbons (Fsp3) is 0.222. The number of anilines is 1. The van der Waals surface area contributed by atoms with E-state index in [0.29, 0.717) is 5.69 Å². The molecule has 0 radical (unpaired) electrons. The molecule has 21 heavy (non-hydrogen) atoms. The minimum Gasteiger partial charge on any atom is -0.340 e. The van der Waals surface area contributed by atoms with Gasteiger partial charge >= 0.3 is 0 Å². The minimum atomic E-state index is -0.0139. The quantitative estimate of drug-likeness (QED) is 0.786. The van der Waals surface area contributed by atoms with Crippen molar-refractivity contribution >= 4 is 11.5 Å². The summed E-state index contributed by atoms with van der Waals surface area (Å²) in [6.07, 6.45) is 2.61. The molecule has 0 saturated carbocycles. The number of nitrogens with zero attached hydrogens (tertiary/aromatic N) is 2. The van der Waals surface area contributed by atoms with Crippen molar-refractivity contribution in [2.24, 2.45) is 0 Å². The van der Waals surface area contributed by atoms with Gasteiger partial charge in [-0.1, -0.05) is 24.8 Å². The van der Waals surface area contributed by atoms with Crippen LogP contribution < -0.4 is 4.90 Å². The van der Waals surface area contributed by atoms with E-state index < -0.39 is 0 Å². The van der Waals surface area contributed by atoms with E-state index in [2.05, 4.69) is 41.6 Å². The van der Waals surface area contributed by atoms with Crippen LogP contribution in [0.5, 0.6) is 0 Å². The Bertz CT molecular complexity index is 716. The maximum absolute atomic E-state index is 11.3. The van der Waals surface area contributed by atoms with E-state index in [9.17, 15) is 4.79 Å². The zero-order valence-corrected chi connectivity index (χ0v) is 12.4. The summed E-state index contributed by atoms with van der Waals surface area (Å²) in [7, 11) is 0. The molecule has 0 N–H and O–H groups in total. The number of carbonyl (C=O) groups is 1. The third-order valence-corrected chi connectivity index (χ3v) is 4.02. The van der Waals surface area contributed by atoms with Crippen molar-refractivity contribution < 1.29 is 4.79 Å². The number of benzene rings is 1. The molecule has 1 aliphatic rings. The van der Waals surface area contributed by atoms with Crippen LogP contribution >= 0.6 is 0 Å². The van der Waals surface area contributed by atoms with E-state index in [1.807, 2.05) is 6.07 Å². The topological polar surface area (TPSA) is 33.2 Å². The van der Waals surface area contributed by atoms with Crippen molar-refractivity contribution in [1.29, 1.82) is 0 Å². The highest BCUT2D eigenvalue weighted by atomic mass is 16.1. The highest BCUT2D eigenvalue weighted by Crippen LogP contribution is 2.31. The number of ketones is 1. The van der Waals surface area contributed by atoms with Gasteiger partial charge in [-0.25, -0.2) is 0 Å². The van der Waals surface area contributed by atoms with E-state index in [-0.39, 0.29) is 5.78 Å². The minimum absolute atomic E-state index is 0.0139. The van der Waals surface area contributed by atoms with Crippen LogP contribution in [0.25, 0.3) is 0 Å². The van der Waals surface area contributed by atoms with Gasteiger partial charge in [0, 0.05) is 25.6 Å². The number of rotatable bonds is 2. The molecule has 0 saturated heterocycles. The summed E-state index contributed by atoms with van der Waals surface area (Å²) < 4.78 is 0. The van der Waals surface area contributed by atoms with Gasteiger partial charge in [-0.05, 0) is 35.7 Å². The van der Waals surface area contributed by atoms with Crippen LogP contribution in [0.3, 0.4) is 0 Å². The third-order valence-electron chi connectivity index (χ3n) is 4.02. The maximum Gasteiger partial charge on any atom is 0.178 e. The summed E-state index contributed by atoms with van der Waals surface area (Å²) in [5, 5.41) is 0. The molecule has 0 amide bonds. The monoisotopic (exact) mass is 278 g/mol. The SMILES string of the molecule is C=C1Cc2c(C)cccc2CN1c1ccc(C(C)=O)nc1. The number of pyridine rings is 1. The lowest BCUT2D eigenvalue weighted by Crippen LogP contribution is -2.28. The maximum atomic E-state index is 11.3. The second-order valence-corrected chi connectivity index (χ2v) is 5.50. The molecule has 1 aromatic heterocycles. The number of aryl methyl sites for hydroxylation is 1. The predicted octanol–water partition coefficient (Wildman–Crippen LogP) is 3.67. The molecule has 0 aliphatic carbocycles. The van der Waals surface area contributed by atoms with Gasteiger partial charge in [-0.2, -0.15) is 0 Å². The lowest BCUT2D eigenvalue weighted by atomic mass is 9.93. The van der Waals surface area contributed by atoms with Crippen molar-refractivity contribution in [1.82, 2.24) is 4.98 Å². The molecular weight excluding hydrogens is 260 g/mol. The van der Waals surface area contributed by atoms with Crippen LogP contribution in [0, 0.1) is 6.92 Å². The van der Waals surface area contributed by atoms with E-state index in [1.165, 1.54) is 23.6 Å². The molecule has 0 fully saturated rings. The van der Waals surface area contributed by atoms with Crippen molar-refractivity contribution in [3.63, 3.8) is 0 Å². The first-order chi connectivity index (χ1) is 10.1. The molecule has 0 bridgehead atoms. The summed E-state index contributed by atoms with van der Waals surface area (Å²) in [5.74, 6) is -0.0139. The lowest BCUT2D eigenvalue weighted by Gasteiger charge is -2.33. The fourth-order valence-electron chi connectivity index (χ4n) is 2.77.